The van der Waals surface area contributed by atoms with Crippen molar-refractivity contribution in [3.05, 3.63) is 0 Å². The van der Waals surface area contributed by atoms with Gasteiger partial charge in [-0.05, 0) is 12.8 Å². The van der Waals surface area contributed by atoms with E-state index in [1.807, 2.05) is 0 Å². The maximum atomic E-state index is 10.1. The Labute approximate surface area is 225 Å². The number of unbranched alkanes of at least 4 members (excludes halogenated alkanes) is 24. The minimum absolute atomic E-state index is 0.245. The van der Waals surface area contributed by atoms with E-state index in [1.54, 1.807) is 0 Å². The lowest BCUT2D eigenvalue weighted by Gasteiger charge is -2.03. The Balaban J connectivity index is 0. The van der Waals surface area contributed by atoms with Gasteiger partial charge < -0.3 is 10.2 Å². The van der Waals surface area contributed by atoms with Gasteiger partial charge in [0.1, 0.15) is 0 Å². The fourth-order valence-corrected chi connectivity index (χ4v) is 4.59. The third-order valence-corrected chi connectivity index (χ3v) is 6.99. The van der Waals surface area contributed by atoms with E-state index >= 15 is 0 Å². The Morgan fingerprint density at radius 3 is 0.667 bits per heavy atom. The van der Waals surface area contributed by atoms with E-state index in [0.29, 0.717) is 0 Å². The second kappa shape index (κ2) is 33.9. The van der Waals surface area contributed by atoms with E-state index < -0.39 is 11.9 Å². The molecule has 0 amide bonds. The van der Waals surface area contributed by atoms with E-state index in [1.165, 1.54) is 128 Å². The van der Waals surface area contributed by atoms with Gasteiger partial charge in [-0.1, -0.05) is 168 Å². The van der Waals surface area contributed by atoms with E-state index in [-0.39, 0.29) is 12.8 Å². The Bertz CT molecular complexity index is 396. The number of aliphatic carboxylic acids is 2. The average molecular weight is 513 g/mol. The largest absolute Gasteiger partial charge is 0.481 e. The normalized spacial score (nSPS) is 10.7. The molecule has 36 heavy (non-hydrogen) atoms. The van der Waals surface area contributed by atoms with Crippen molar-refractivity contribution in [2.45, 2.75) is 194 Å². The highest BCUT2D eigenvalue weighted by atomic mass is 16.4. The quantitative estimate of drug-likeness (QED) is 0.102. The maximum Gasteiger partial charge on any atom is 0.303 e. The molecule has 0 radical (unpaired) electrons. The van der Waals surface area contributed by atoms with Crippen molar-refractivity contribution >= 4 is 11.9 Å². The Morgan fingerprint density at radius 1 is 0.333 bits per heavy atom. The van der Waals surface area contributed by atoms with Gasteiger partial charge in [-0.2, -0.15) is 0 Å². The lowest BCUT2D eigenvalue weighted by molar-refractivity contribution is -0.138. The van der Waals surface area contributed by atoms with Crippen molar-refractivity contribution in [2.75, 3.05) is 0 Å². The molecular formula is C32H64O4. The lowest BCUT2D eigenvalue weighted by atomic mass is 10.0. The second-order valence-corrected chi connectivity index (χ2v) is 10.8. The molecule has 0 heterocycles. The number of carboxylic acids is 2. The zero-order valence-corrected chi connectivity index (χ0v) is 24.5. The molecule has 0 aromatic rings. The van der Waals surface area contributed by atoms with Crippen LogP contribution in [0.15, 0.2) is 0 Å². The first-order chi connectivity index (χ1) is 17.5. The van der Waals surface area contributed by atoms with Crippen molar-refractivity contribution in [3.63, 3.8) is 0 Å². The maximum absolute atomic E-state index is 10.1. The van der Waals surface area contributed by atoms with Gasteiger partial charge in [-0.15, -0.1) is 0 Å². The van der Waals surface area contributed by atoms with Gasteiger partial charge in [0, 0.05) is 12.8 Å². The van der Waals surface area contributed by atoms with Crippen LogP contribution in [0.5, 0.6) is 0 Å². The van der Waals surface area contributed by atoms with Crippen LogP contribution in [0.1, 0.15) is 194 Å². The van der Waals surface area contributed by atoms with Gasteiger partial charge in [-0.3, -0.25) is 9.59 Å². The first-order valence-corrected chi connectivity index (χ1v) is 16.0. The number of hydrogen-bond acceptors (Lipinski definition) is 2. The predicted molar refractivity (Wildman–Crippen MR) is 156 cm³/mol. The standard InChI is InChI=1S/C22H46.C10H18O4/c1-3-5-7-9-11-13-15-17-19-21-22-20-18-16-14-12-10-8-6-4-2;11-9(12)7-5-3-1-2-4-6-8-10(13)14/h3-22H2,1-2H3;1-8H2,(H,11,12)(H,13,14). The van der Waals surface area contributed by atoms with Crippen LogP contribution in [0.25, 0.3) is 0 Å². The highest BCUT2D eigenvalue weighted by molar-refractivity contribution is 5.66. The van der Waals surface area contributed by atoms with Gasteiger partial charge >= 0.3 is 11.9 Å². The first-order valence-electron chi connectivity index (χ1n) is 16.0. The van der Waals surface area contributed by atoms with Gasteiger partial charge in [-0.25, -0.2) is 0 Å². The molecule has 0 aromatic heterocycles. The van der Waals surface area contributed by atoms with E-state index in [2.05, 4.69) is 13.8 Å². The van der Waals surface area contributed by atoms with Crippen LogP contribution >= 0.6 is 0 Å². The van der Waals surface area contributed by atoms with Crippen LogP contribution in [0.2, 0.25) is 0 Å². The molecule has 216 valence electrons. The van der Waals surface area contributed by atoms with Crippen molar-refractivity contribution < 1.29 is 19.8 Å². The summed E-state index contributed by atoms with van der Waals surface area (Å²) in [5.74, 6) is -1.48. The van der Waals surface area contributed by atoms with Crippen LogP contribution < -0.4 is 0 Å². The summed E-state index contributed by atoms with van der Waals surface area (Å²) in [6, 6.07) is 0. The lowest BCUT2D eigenvalue weighted by Crippen LogP contribution is -1.94. The van der Waals surface area contributed by atoms with Gasteiger partial charge in [0.15, 0.2) is 0 Å². The Kier molecular flexibility index (Phi) is 35.0. The smallest absolute Gasteiger partial charge is 0.303 e. The summed E-state index contributed by atoms with van der Waals surface area (Å²) < 4.78 is 0. The first kappa shape index (κ1) is 37.1. The summed E-state index contributed by atoms with van der Waals surface area (Å²) >= 11 is 0. The number of carbonyl (C=O) groups is 2. The SMILES string of the molecule is CCCCCCCCCCCCCCCCCCCCCC.O=C(O)CCCCCCCCC(=O)O. The highest BCUT2D eigenvalue weighted by Crippen LogP contribution is 2.14. The topological polar surface area (TPSA) is 74.6 Å². The molecule has 0 saturated carbocycles. The summed E-state index contributed by atoms with van der Waals surface area (Å²) in [7, 11) is 0. The van der Waals surface area contributed by atoms with E-state index in [4.69, 9.17) is 10.2 Å². The zero-order chi connectivity index (χ0) is 27.0. The van der Waals surface area contributed by atoms with Crippen LogP contribution in [0.3, 0.4) is 0 Å². The molecule has 0 rings (SSSR count). The summed E-state index contributed by atoms with van der Waals surface area (Å²) in [5.41, 5.74) is 0. The van der Waals surface area contributed by atoms with E-state index in [9.17, 15) is 9.59 Å². The van der Waals surface area contributed by atoms with Crippen molar-refractivity contribution in [1.82, 2.24) is 0 Å². The fourth-order valence-electron chi connectivity index (χ4n) is 4.59. The van der Waals surface area contributed by atoms with Crippen LogP contribution in [0.4, 0.5) is 0 Å². The Hall–Kier alpha value is -1.06. The van der Waals surface area contributed by atoms with E-state index in [0.717, 1.165) is 38.5 Å². The Morgan fingerprint density at radius 2 is 0.500 bits per heavy atom. The minimum atomic E-state index is -0.740. The molecule has 0 saturated heterocycles. The molecule has 0 aliphatic carbocycles. The van der Waals surface area contributed by atoms with Crippen molar-refractivity contribution in [1.29, 1.82) is 0 Å². The third kappa shape index (κ3) is 40.1. The van der Waals surface area contributed by atoms with Crippen LogP contribution in [-0.4, -0.2) is 22.2 Å². The molecule has 0 unspecified atom stereocenters. The van der Waals surface area contributed by atoms with Crippen LogP contribution in [0, 0.1) is 0 Å². The monoisotopic (exact) mass is 512 g/mol. The molecule has 4 nitrogen and oxygen atoms in total. The van der Waals surface area contributed by atoms with Gasteiger partial charge in [0.05, 0.1) is 0 Å². The van der Waals surface area contributed by atoms with Gasteiger partial charge in [0.25, 0.3) is 0 Å². The minimum Gasteiger partial charge on any atom is -0.481 e. The zero-order valence-electron chi connectivity index (χ0n) is 24.5. The van der Waals surface area contributed by atoms with Crippen molar-refractivity contribution in [3.8, 4) is 0 Å². The molecule has 0 aromatic carbocycles. The van der Waals surface area contributed by atoms with Gasteiger partial charge in [0.2, 0.25) is 0 Å². The van der Waals surface area contributed by atoms with Crippen molar-refractivity contribution in [2.24, 2.45) is 0 Å². The second-order valence-electron chi connectivity index (χ2n) is 10.8. The summed E-state index contributed by atoms with van der Waals surface area (Å²) in [6.07, 6.45) is 35.2. The van der Waals surface area contributed by atoms with Crippen LogP contribution in [-0.2, 0) is 9.59 Å². The molecule has 0 spiro atoms. The number of carboxylic acid groups (broad SMARTS) is 2. The predicted octanol–water partition coefficient (Wildman–Crippen LogP) is 11.1. The fraction of sp³-hybridized carbons (Fsp3) is 0.938. The highest BCUT2D eigenvalue weighted by Gasteiger charge is 1.98. The molecule has 0 fully saturated rings. The molecular weight excluding hydrogens is 448 g/mol. The number of rotatable bonds is 28. The molecule has 0 aliphatic rings. The molecule has 0 atom stereocenters. The number of hydrogen-bond donors (Lipinski definition) is 2. The average Bonchev–Trinajstić information content (AvgIpc) is 2.85. The molecule has 4 heteroatoms. The molecule has 0 bridgehead atoms. The molecule has 0 aliphatic heterocycles. The third-order valence-electron chi connectivity index (χ3n) is 6.99. The summed E-state index contributed by atoms with van der Waals surface area (Å²) in [6.45, 7) is 4.60. The summed E-state index contributed by atoms with van der Waals surface area (Å²) in [5, 5.41) is 16.7. The summed E-state index contributed by atoms with van der Waals surface area (Å²) in [4.78, 5) is 20.3. The molecule has 2 N–H and O–H groups in total.